The van der Waals surface area contributed by atoms with Gasteiger partial charge in [0.05, 0.1) is 0 Å². The molecule has 0 unspecified atom stereocenters. The third-order valence-electron chi connectivity index (χ3n) is 15.1. The summed E-state index contributed by atoms with van der Waals surface area (Å²) in [7, 11) is 0. The molecule has 0 aliphatic heterocycles. The highest BCUT2D eigenvalue weighted by molar-refractivity contribution is 6.19. The molecule has 0 N–H and O–H groups in total. The molecular weight excluding hydrogens is 901 g/mol. The molecule has 0 aliphatic rings. The SMILES string of the molecule is CCc1c2oc3cc(N(c4ccc(-c5ccccc5)cc4)c4ccc(C(C)(C)C)cc4)ccc3c2cc2cc3c(oc4cc(N(c5ccc(-c6ccccc6)cc5)c5ccc(C(C)(C)C)cc5)ccc43)c(CC)c12. The van der Waals surface area contributed by atoms with Gasteiger partial charge in [0.25, 0.3) is 0 Å². The average molecular weight is 963 g/mol. The Balaban J connectivity index is 0.969. The maximum atomic E-state index is 7.08. The van der Waals surface area contributed by atoms with Gasteiger partial charge in [-0.1, -0.05) is 165 Å². The molecule has 10 aromatic carbocycles. The van der Waals surface area contributed by atoms with Crippen molar-refractivity contribution in [2.75, 3.05) is 9.80 Å². The molecule has 0 saturated heterocycles. The van der Waals surface area contributed by atoms with Gasteiger partial charge < -0.3 is 18.6 Å². The zero-order valence-corrected chi connectivity index (χ0v) is 43.8. The molecule has 0 saturated carbocycles. The number of rotatable bonds is 10. The van der Waals surface area contributed by atoms with Gasteiger partial charge in [0.1, 0.15) is 22.3 Å². The van der Waals surface area contributed by atoms with Gasteiger partial charge >= 0.3 is 0 Å². The van der Waals surface area contributed by atoms with Crippen LogP contribution in [0.5, 0.6) is 0 Å². The van der Waals surface area contributed by atoms with Gasteiger partial charge in [-0.25, -0.2) is 0 Å². The molecule has 364 valence electrons. The summed E-state index contributed by atoms with van der Waals surface area (Å²) in [5, 5.41) is 6.91. The third kappa shape index (κ3) is 8.29. The Kier molecular flexibility index (Phi) is 11.6. The van der Waals surface area contributed by atoms with E-state index in [4.69, 9.17) is 8.83 Å². The molecule has 0 aliphatic carbocycles. The van der Waals surface area contributed by atoms with Crippen LogP contribution in [0.2, 0.25) is 0 Å². The van der Waals surface area contributed by atoms with E-state index in [1.54, 1.807) is 0 Å². The van der Waals surface area contributed by atoms with Crippen molar-refractivity contribution in [1.82, 2.24) is 0 Å². The molecule has 2 heterocycles. The fourth-order valence-electron chi connectivity index (χ4n) is 11.1. The molecule has 0 spiro atoms. The van der Waals surface area contributed by atoms with E-state index in [0.717, 1.165) is 90.8 Å². The molecule has 0 bridgehead atoms. The van der Waals surface area contributed by atoms with Crippen molar-refractivity contribution in [3.05, 3.63) is 229 Å². The van der Waals surface area contributed by atoms with E-state index in [2.05, 4.69) is 271 Å². The van der Waals surface area contributed by atoms with E-state index >= 15 is 0 Å². The summed E-state index contributed by atoms with van der Waals surface area (Å²) in [6, 6.07) is 75.1. The quantitative estimate of drug-likeness (QED) is 0.137. The zero-order chi connectivity index (χ0) is 50.9. The number of anilines is 6. The first kappa shape index (κ1) is 46.7. The largest absolute Gasteiger partial charge is 0.456 e. The van der Waals surface area contributed by atoms with Crippen LogP contribution in [0.4, 0.5) is 34.1 Å². The molecule has 0 atom stereocenters. The molecule has 2 aromatic heterocycles. The number of nitrogens with zero attached hydrogens (tertiary/aromatic N) is 2. The minimum absolute atomic E-state index is 0.0457. The lowest BCUT2D eigenvalue weighted by atomic mass is 9.87. The van der Waals surface area contributed by atoms with Gasteiger partial charge in [-0.05, 0) is 153 Å². The van der Waals surface area contributed by atoms with Crippen LogP contribution in [0, 0.1) is 0 Å². The number of hydrogen-bond donors (Lipinski definition) is 0. The van der Waals surface area contributed by atoms with Crippen LogP contribution in [0.15, 0.2) is 215 Å². The van der Waals surface area contributed by atoms with Gasteiger partial charge in [0, 0.05) is 78.9 Å². The van der Waals surface area contributed by atoms with Crippen LogP contribution >= 0.6 is 0 Å². The first-order chi connectivity index (χ1) is 35.8. The highest BCUT2D eigenvalue weighted by Gasteiger charge is 2.24. The average Bonchev–Trinajstić information content (AvgIpc) is 3.98. The number of furan rings is 2. The predicted molar refractivity (Wildman–Crippen MR) is 315 cm³/mol. The van der Waals surface area contributed by atoms with E-state index in [0.29, 0.717) is 0 Å². The van der Waals surface area contributed by atoms with E-state index in [1.165, 1.54) is 55.3 Å². The Morgan fingerprint density at radius 1 is 0.338 bits per heavy atom. The van der Waals surface area contributed by atoms with Crippen molar-refractivity contribution in [2.45, 2.75) is 79.1 Å². The fraction of sp³-hybridized carbons (Fsp3) is 0.171. The van der Waals surface area contributed by atoms with E-state index in [-0.39, 0.29) is 10.8 Å². The minimum atomic E-state index is 0.0457. The van der Waals surface area contributed by atoms with Crippen LogP contribution in [0.3, 0.4) is 0 Å². The Hall–Kier alpha value is -8.34. The second kappa shape index (κ2) is 18.3. The topological polar surface area (TPSA) is 32.8 Å². The molecule has 0 fully saturated rings. The highest BCUT2D eigenvalue weighted by atomic mass is 16.3. The molecule has 0 amide bonds. The lowest BCUT2D eigenvalue weighted by Crippen LogP contribution is -2.13. The molecule has 4 heteroatoms. The summed E-state index contributed by atoms with van der Waals surface area (Å²) in [6.45, 7) is 18.1. The van der Waals surface area contributed by atoms with Gasteiger partial charge in [0.2, 0.25) is 0 Å². The number of aryl methyl sites for hydroxylation is 2. The lowest BCUT2D eigenvalue weighted by molar-refractivity contribution is 0.590. The second-order valence-electron chi connectivity index (χ2n) is 21.9. The van der Waals surface area contributed by atoms with Crippen molar-refractivity contribution >= 4 is 88.8 Å². The van der Waals surface area contributed by atoms with Crippen LogP contribution in [-0.4, -0.2) is 0 Å². The summed E-state index contributed by atoms with van der Waals surface area (Å²) < 4.78 is 14.2. The Bertz CT molecular complexity index is 3740. The summed E-state index contributed by atoms with van der Waals surface area (Å²) in [4.78, 5) is 4.68. The maximum Gasteiger partial charge on any atom is 0.139 e. The minimum Gasteiger partial charge on any atom is -0.456 e. The summed E-state index contributed by atoms with van der Waals surface area (Å²) in [6.07, 6.45) is 1.63. The van der Waals surface area contributed by atoms with Gasteiger partial charge in [-0.3, -0.25) is 0 Å². The second-order valence-corrected chi connectivity index (χ2v) is 21.9. The monoisotopic (exact) mass is 962 g/mol. The molecule has 12 rings (SSSR count). The first-order valence-electron chi connectivity index (χ1n) is 26.3. The smallest absolute Gasteiger partial charge is 0.139 e. The van der Waals surface area contributed by atoms with E-state index in [1.807, 2.05) is 0 Å². The van der Waals surface area contributed by atoms with Crippen LogP contribution in [-0.2, 0) is 23.7 Å². The van der Waals surface area contributed by atoms with Crippen LogP contribution in [0.25, 0.3) is 76.9 Å². The van der Waals surface area contributed by atoms with Crippen molar-refractivity contribution in [3.8, 4) is 22.3 Å². The highest BCUT2D eigenvalue weighted by Crippen LogP contribution is 2.46. The van der Waals surface area contributed by atoms with Gasteiger partial charge in [0.15, 0.2) is 0 Å². The molecule has 12 aromatic rings. The Morgan fingerprint density at radius 3 is 1.00 bits per heavy atom. The molecule has 4 nitrogen and oxygen atoms in total. The first-order valence-corrected chi connectivity index (χ1v) is 26.3. The normalized spacial score (nSPS) is 12.2. The Morgan fingerprint density at radius 2 is 0.662 bits per heavy atom. The van der Waals surface area contributed by atoms with Gasteiger partial charge in [-0.15, -0.1) is 0 Å². The van der Waals surface area contributed by atoms with Crippen molar-refractivity contribution < 1.29 is 8.83 Å². The number of hydrogen-bond acceptors (Lipinski definition) is 4. The van der Waals surface area contributed by atoms with E-state index < -0.39 is 0 Å². The van der Waals surface area contributed by atoms with Gasteiger partial charge in [-0.2, -0.15) is 0 Å². The lowest BCUT2D eigenvalue weighted by Gasteiger charge is -2.27. The van der Waals surface area contributed by atoms with Crippen LogP contribution in [0.1, 0.15) is 77.6 Å². The molecule has 74 heavy (non-hydrogen) atoms. The van der Waals surface area contributed by atoms with Crippen LogP contribution < -0.4 is 9.80 Å². The number of benzene rings is 10. The standard InChI is InChI=1S/C70H62N2O2/c1-9-58-66-49(41-62-60-39-37-56(43-64(60)73-67(58)62)71(54-33-25-50(26-34-54)69(3,4)5)52-29-21-47(22-30-52)45-17-13-11-14-18-45)42-63-61-40-38-57(44-65(61)74-68(63)59(66)10-2)72(55-35-27-51(28-36-55)70(6,7)8)53-31-23-48(24-32-53)46-19-15-12-16-20-46/h11-44H,9-10H2,1-8H3. The molecule has 0 radical (unpaired) electrons. The van der Waals surface area contributed by atoms with Crippen molar-refractivity contribution in [2.24, 2.45) is 0 Å². The summed E-state index contributed by atoms with van der Waals surface area (Å²) >= 11 is 0. The summed E-state index contributed by atoms with van der Waals surface area (Å²) in [5.74, 6) is 0. The zero-order valence-electron chi connectivity index (χ0n) is 43.8. The third-order valence-corrected chi connectivity index (χ3v) is 15.1. The van der Waals surface area contributed by atoms with Crippen molar-refractivity contribution in [3.63, 3.8) is 0 Å². The summed E-state index contributed by atoms with van der Waals surface area (Å²) in [5.41, 5.74) is 19.9. The van der Waals surface area contributed by atoms with Crippen molar-refractivity contribution in [1.29, 1.82) is 0 Å². The predicted octanol–water partition coefficient (Wildman–Crippen LogP) is 20.6. The van der Waals surface area contributed by atoms with E-state index in [9.17, 15) is 0 Å². The fourth-order valence-corrected chi connectivity index (χ4v) is 11.1. The maximum absolute atomic E-state index is 7.08. The number of fused-ring (bicyclic) bond motifs is 7. The Labute approximate surface area is 435 Å². The molecular formula is C70H62N2O2.